The van der Waals surface area contributed by atoms with Gasteiger partial charge in [0.25, 0.3) is 11.8 Å². The molecule has 0 radical (unpaired) electrons. The van der Waals surface area contributed by atoms with E-state index in [0.717, 1.165) is 4.90 Å². The highest BCUT2D eigenvalue weighted by Crippen LogP contribution is 2.23. The topological polar surface area (TPSA) is 224 Å². The summed E-state index contributed by atoms with van der Waals surface area (Å²) in [6.07, 6.45) is 0.138. The maximum atomic E-state index is 13.1. The normalized spacial score (nSPS) is 21.0. The molecule has 2 saturated heterocycles. The van der Waals surface area contributed by atoms with E-state index in [-0.39, 0.29) is 56.2 Å². The molecular formula is C29H34N6O9. The molecule has 2 heterocycles. The minimum Gasteiger partial charge on any atom is -0.497 e. The van der Waals surface area contributed by atoms with Crippen LogP contribution >= 0.6 is 0 Å². The number of benzene rings is 2. The van der Waals surface area contributed by atoms with Crippen molar-refractivity contribution in [3.8, 4) is 11.5 Å². The fourth-order valence-corrected chi connectivity index (χ4v) is 5.26. The standard InChI is InChI=1S/C29H34N6O9/c1-43-20-6-2-16(3-7-20)26(38)33-19-11-23(35(15-19)25(37)13-31)29(42)44-21-8-4-17(5-9-21)27(39)32-18-10-22(28(40)41)34(14-18)24(36)12-30/h2-9,18-19,22-23H,10-15,30-31H2,1H3,(H,32,39)(H,33,38)(H,40,41)/t18-,19+,22+,23+/m1/s1. The Kier molecular flexibility index (Phi) is 10.1. The third-order valence-electron chi connectivity index (χ3n) is 7.51. The number of amides is 4. The highest BCUT2D eigenvalue weighted by Gasteiger charge is 2.42. The summed E-state index contributed by atoms with van der Waals surface area (Å²) >= 11 is 0. The number of carbonyl (C=O) groups is 6. The number of aliphatic carboxylic acids is 1. The Bertz CT molecular complexity index is 1420. The highest BCUT2D eigenvalue weighted by atomic mass is 16.5. The van der Waals surface area contributed by atoms with E-state index in [4.69, 9.17) is 20.9 Å². The lowest BCUT2D eigenvalue weighted by atomic mass is 10.1. The van der Waals surface area contributed by atoms with Crippen LogP contribution in [0.25, 0.3) is 0 Å². The summed E-state index contributed by atoms with van der Waals surface area (Å²) in [5, 5.41) is 15.0. The van der Waals surface area contributed by atoms with Gasteiger partial charge in [0, 0.05) is 49.1 Å². The van der Waals surface area contributed by atoms with Gasteiger partial charge in [0.15, 0.2) is 0 Å². The number of carboxylic acids is 1. The second-order valence-electron chi connectivity index (χ2n) is 10.4. The van der Waals surface area contributed by atoms with Gasteiger partial charge >= 0.3 is 11.9 Å². The third-order valence-corrected chi connectivity index (χ3v) is 7.51. The molecule has 15 nitrogen and oxygen atoms in total. The number of carbonyl (C=O) groups excluding carboxylic acids is 5. The van der Waals surface area contributed by atoms with Gasteiger partial charge in [-0.1, -0.05) is 0 Å². The van der Waals surface area contributed by atoms with Crippen molar-refractivity contribution in [2.45, 2.75) is 37.0 Å². The molecule has 0 spiro atoms. The summed E-state index contributed by atoms with van der Waals surface area (Å²) in [5.74, 6) is -3.11. The van der Waals surface area contributed by atoms with E-state index in [1.807, 2.05) is 0 Å². The zero-order chi connectivity index (χ0) is 32.0. The molecular weight excluding hydrogens is 576 g/mol. The Morgan fingerprint density at radius 1 is 0.750 bits per heavy atom. The van der Waals surface area contributed by atoms with Crippen LogP contribution in [0.5, 0.6) is 11.5 Å². The summed E-state index contributed by atoms with van der Waals surface area (Å²) in [4.78, 5) is 77.1. The lowest BCUT2D eigenvalue weighted by molar-refractivity contribution is -0.147. The molecule has 2 aliphatic rings. The summed E-state index contributed by atoms with van der Waals surface area (Å²) in [5.41, 5.74) is 11.5. The fourth-order valence-electron chi connectivity index (χ4n) is 5.26. The first-order valence-electron chi connectivity index (χ1n) is 13.8. The number of nitrogens with zero attached hydrogens (tertiary/aromatic N) is 2. The van der Waals surface area contributed by atoms with Crippen molar-refractivity contribution in [3.63, 3.8) is 0 Å². The zero-order valence-electron chi connectivity index (χ0n) is 23.9. The number of likely N-dealkylation sites (tertiary alicyclic amines) is 2. The van der Waals surface area contributed by atoms with Crippen molar-refractivity contribution in [2.24, 2.45) is 11.5 Å². The number of carboxylic acid groups (broad SMARTS) is 1. The molecule has 7 N–H and O–H groups in total. The van der Waals surface area contributed by atoms with Crippen molar-refractivity contribution in [1.29, 1.82) is 0 Å². The van der Waals surface area contributed by atoms with Gasteiger partial charge in [-0.3, -0.25) is 19.2 Å². The van der Waals surface area contributed by atoms with Crippen LogP contribution in [0.2, 0.25) is 0 Å². The second kappa shape index (κ2) is 14.0. The molecule has 4 rings (SSSR count). The van der Waals surface area contributed by atoms with Crippen molar-refractivity contribution in [2.75, 3.05) is 33.3 Å². The van der Waals surface area contributed by atoms with Crippen LogP contribution in [-0.2, 0) is 19.2 Å². The van der Waals surface area contributed by atoms with E-state index in [2.05, 4.69) is 10.6 Å². The van der Waals surface area contributed by atoms with Gasteiger partial charge < -0.3 is 46.5 Å². The van der Waals surface area contributed by atoms with Crippen molar-refractivity contribution >= 4 is 35.6 Å². The second-order valence-corrected chi connectivity index (χ2v) is 10.4. The minimum absolute atomic E-state index is 0.00932. The molecule has 234 valence electrons. The first kappa shape index (κ1) is 31.9. The van der Waals surface area contributed by atoms with Crippen molar-refractivity contribution in [1.82, 2.24) is 20.4 Å². The quantitative estimate of drug-likeness (QED) is 0.157. The molecule has 0 saturated carbocycles. The Morgan fingerprint density at radius 3 is 1.61 bits per heavy atom. The number of hydrogen-bond donors (Lipinski definition) is 5. The number of nitrogens with one attached hydrogen (secondary N) is 2. The van der Waals surface area contributed by atoms with E-state index in [1.165, 1.54) is 36.3 Å². The number of ether oxygens (including phenoxy) is 2. The summed E-state index contributed by atoms with van der Waals surface area (Å²) in [6, 6.07) is 8.90. The predicted molar refractivity (Wildman–Crippen MR) is 154 cm³/mol. The van der Waals surface area contributed by atoms with Gasteiger partial charge in [-0.05, 0) is 48.5 Å². The number of rotatable bonds is 10. The average Bonchev–Trinajstić information content (AvgIpc) is 3.65. The highest BCUT2D eigenvalue weighted by molar-refractivity contribution is 5.96. The van der Waals surface area contributed by atoms with Crippen LogP contribution in [-0.4, -0.2) is 108 Å². The predicted octanol–water partition coefficient (Wildman–Crippen LogP) is -1.30. The molecule has 44 heavy (non-hydrogen) atoms. The fraction of sp³-hybridized carbons (Fsp3) is 0.379. The van der Waals surface area contributed by atoms with Crippen molar-refractivity contribution in [3.05, 3.63) is 59.7 Å². The third kappa shape index (κ3) is 7.30. The Balaban J connectivity index is 1.35. The van der Waals surface area contributed by atoms with Crippen LogP contribution < -0.4 is 31.6 Å². The minimum atomic E-state index is -1.19. The molecule has 0 unspecified atom stereocenters. The van der Waals surface area contributed by atoms with E-state index in [9.17, 15) is 33.9 Å². The summed E-state index contributed by atoms with van der Waals surface area (Å²) in [7, 11) is 1.51. The first-order valence-corrected chi connectivity index (χ1v) is 13.8. The van der Waals surface area contributed by atoms with E-state index >= 15 is 0 Å². The van der Waals surface area contributed by atoms with Gasteiger partial charge in [-0.2, -0.15) is 0 Å². The average molecular weight is 611 g/mol. The Morgan fingerprint density at radius 2 is 1.18 bits per heavy atom. The lowest BCUT2D eigenvalue weighted by Crippen LogP contribution is -2.45. The maximum absolute atomic E-state index is 13.1. The molecule has 0 aromatic heterocycles. The SMILES string of the molecule is COc1ccc(C(=O)N[C@H]2C[C@@H](C(=O)Oc3ccc(C(=O)N[C@@H]4C[C@@H](C(=O)O)N(C(=O)CN)C4)cc3)N(C(=O)CN)C2)cc1. The largest absolute Gasteiger partial charge is 0.497 e. The maximum Gasteiger partial charge on any atom is 0.334 e. The molecule has 0 bridgehead atoms. The molecule has 2 aliphatic heterocycles. The molecule has 2 aromatic rings. The Labute approximate surface area is 252 Å². The molecule has 4 atom stereocenters. The van der Waals surface area contributed by atoms with Gasteiger partial charge in [0.05, 0.1) is 20.2 Å². The van der Waals surface area contributed by atoms with Gasteiger partial charge in [0.2, 0.25) is 11.8 Å². The van der Waals surface area contributed by atoms with Crippen molar-refractivity contribution < 1.29 is 43.3 Å². The lowest BCUT2D eigenvalue weighted by Gasteiger charge is -2.22. The van der Waals surface area contributed by atoms with E-state index in [0.29, 0.717) is 11.3 Å². The Hall–Kier alpha value is -5.02. The molecule has 0 aliphatic carbocycles. The summed E-state index contributed by atoms with van der Waals surface area (Å²) in [6.45, 7) is -0.605. The molecule has 2 fully saturated rings. The van der Waals surface area contributed by atoms with Crippen LogP contribution in [0, 0.1) is 0 Å². The van der Waals surface area contributed by atoms with Crippen LogP contribution in [0.3, 0.4) is 0 Å². The number of methoxy groups -OCH3 is 1. The van der Waals surface area contributed by atoms with Crippen LogP contribution in [0.15, 0.2) is 48.5 Å². The van der Waals surface area contributed by atoms with Gasteiger partial charge in [-0.15, -0.1) is 0 Å². The van der Waals surface area contributed by atoms with Gasteiger partial charge in [-0.25, -0.2) is 9.59 Å². The smallest absolute Gasteiger partial charge is 0.334 e. The molecule has 2 aromatic carbocycles. The monoisotopic (exact) mass is 610 g/mol. The van der Waals surface area contributed by atoms with E-state index < -0.39 is 53.8 Å². The zero-order valence-corrected chi connectivity index (χ0v) is 23.9. The van der Waals surface area contributed by atoms with Crippen LogP contribution in [0.4, 0.5) is 0 Å². The number of esters is 1. The number of hydrogen-bond acceptors (Lipinski definition) is 10. The summed E-state index contributed by atoms with van der Waals surface area (Å²) < 4.78 is 10.6. The first-order chi connectivity index (χ1) is 21.0. The molecule has 15 heteroatoms. The van der Waals surface area contributed by atoms with Gasteiger partial charge in [0.1, 0.15) is 23.6 Å². The van der Waals surface area contributed by atoms with E-state index in [1.54, 1.807) is 24.3 Å². The van der Waals surface area contributed by atoms with Crippen LogP contribution in [0.1, 0.15) is 33.6 Å². The number of nitrogens with two attached hydrogens (primary N) is 2. The molecule has 4 amide bonds.